The molecule has 1 aliphatic rings. The van der Waals surface area contributed by atoms with Crippen molar-refractivity contribution < 1.29 is 9.32 Å². The van der Waals surface area contributed by atoms with E-state index in [1.165, 1.54) is 6.39 Å². The number of aryl methyl sites for hydroxylation is 1. The number of halogens is 1. The molecule has 4 rings (SSSR count). The van der Waals surface area contributed by atoms with Gasteiger partial charge in [0.25, 0.3) is 5.91 Å². The smallest absolute Gasteiger partial charge is 0.272 e. The molecule has 0 spiro atoms. The van der Waals surface area contributed by atoms with Crippen LogP contribution in [0.5, 0.6) is 0 Å². The summed E-state index contributed by atoms with van der Waals surface area (Å²) in [6.45, 7) is 3.16. The maximum Gasteiger partial charge on any atom is 0.272 e. The molecule has 1 aliphatic heterocycles. The van der Waals surface area contributed by atoms with E-state index in [4.69, 9.17) is 16.1 Å². The van der Waals surface area contributed by atoms with Crippen molar-refractivity contribution in [3.63, 3.8) is 0 Å². The molecule has 124 valence electrons. The molecule has 0 radical (unpaired) electrons. The lowest BCUT2D eigenvalue weighted by Crippen LogP contribution is -2.38. The van der Waals surface area contributed by atoms with Crippen LogP contribution in [0.4, 0.5) is 0 Å². The number of carbonyl (C=O) groups is 1. The Morgan fingerprint density at radius 2 is 2.12 bits per heavy atom. The van der Waals surface area contributed by atoms with Gasteiger partial charge in [0.05, 0.1) is 10.7 Å². The van der Waals surface area contributed by atoms with Gasteiger partial charge in [-0.25, -0.2) is 4.98 Å². The van der Waals surface area contributed by atoms with Gasteiger partial charge in [0.15, 0.2) is 5.82 Å². The maximum absolute atomic E-state index is 13.0. The molecule has 1 fully saturated rings. The van der Waals surface area contributed by atoms with Crippen LogP contribution < -0.4 is 0 Å². The lowest BCUT2D eigenvalue weighted by molar-refractivity contribution is 0.0703. The fourth-order valence-corrected chi connectivity index (χ4v) is 3.40. The zero-order valence-electron chi connectivity index (χ0n) is 13.1. The number of nitrogens with zero attached hydrogens (tertiary/aromatic N) is 5. The number of hydrogen-bond acceptors (Lipinski definition) is 5. The summed E-state index contributed by atoms with van der Waals surface area (Å²) >= 11 is 6.07. The summed E-state index contributed by atoms with van der Waals surface area (Å²) in [5.74, 6) is 0.944. The highest BCUT2D eigenvalue weighted by Crippen LogP contribution is 2.27. The number of hydrogen-bond donors (Lipinski definition) is 0. The van der Waals surface area contributed by atoms with Gasteiger partial charge in [-0.3, -0.25) is 9.20 Å². The van der Waals surface area contributed by atoms with Crippen LogP contribution in [0.25, 0.3) is 5.65 Å². The number of amides is 1. The highest BCUT2D eigenvalue weighted by molar-refractivity contribution is 6.30. The van der Waals surface area contributed by atoms with Crippen molar-refractivity contribution >= 4 is 23.2 Å². The van der Waals surface area contributed by atoms with Crippen molar-refractivity contribution in [3.05, 3.63) is 47.0 Å². The van der Waals surface area contributed by atoms with E-state index < -0.39 is 0 Å². The third-order valence-corrected chi connectivity index (χ3v) is 4.71. The normalized spacial score (nSPS) is 16.0. The van der Waals surface area contributed by atoms with Crippen LogP contribution in [-0.4, -0.2) is 43.4 Å². The summed E-state index contributed by atoms with van der Waals surface area (Å²) in [7, 11) is 0. The topological polar surface area (TPSA) is 76.5 Å². The Bertz CT molecular complexity index is 881. The van der Waals surface area contributed by atoms with Crippen LogP contribution in [0, 0.1) is 6.92 Å². The third kappa shape index (κ3) is 2.54. The highest BCUT2D eigenvalue weighted by Gasteiger charge is 2.29. The highest BCUT2D eigenvalue weighted by atomic mass is 35.5. The summed E-state index contributed by atoms with van der Waals surface area (Å²) in [6, 6.07) is 3.59. The number of aromatic nitrogens is 4. The van der Waals surface area contributed by atoms with Gasteiger partial charge < -0.3 is 9.42 Å². The second-order valence-corrected chi connectivity index (χ2v) is 6.41. The standard InChI is InChI=1S/C16H16ClN5O2/c1-10-14(22-8-12(17)2-3-13(22)19-10)16(23)21-6-4-11(5-7-21)15-18-9-24-20-15/h2-3,8-9,11H,4-7H2,1H3. The molecule has 0 atom stereocenters. The summed E-state index contributed by atoms with van der Waals surface area (Å²) in [5.41, 5.74) is 2.01. The summed E-state index contributed by atoms with van der Waals surface area (Å²) in [6.07, 6.45) is 4.72. The van der Waals surface area contributed by atoms with E-state index >= 15 is 0 Å². The number of fused-ring (bicyclic) bond motifs is 1. The SMILES string of the molecule is Cc1nc2ccc(Cl)cn2c1C(=O)N1CCC(c2ncon2)CC1. The van der Waals surface area contributed by atoms with E-state index in [1.807, 2.05) is 17.9 Å². The molecule has 0 unspecified atom stereocenters. The van der Waals surface area contributed by atoms with Crippen molar-refractivity contribution in [2.24, 2.45) is 0 Å². The minimum Gasteiger partial charge on any atom is -0.343 e. The van der Waals surface area contributed by atoms with Crippen molar-refractivity contribution in [1.82, 2.24) is 24.4 Å². The van der Waals surface area contributed by atoms with Crippen molar-refractivity contribution in [2.75, 3.05) is 13.1 Å². The molecule has 7 nitrogen and oxygen atoms in total. The lowest BCUT2D eigenvalue weighted by atomic mass is 9.96. The van der Waals surface area contributed by atoms with Gasteiger partial charge in [-0.15, -0.1) is 0 Å². The number of carbonyl (C=O) groups excluding carboxylic acids is 1. The van der Waals surface area contributed by atoms with E-state index in [1.54, 1.807) is 16.7 Å². The molecule has 0 aromatic carbocycles. The molecular weight excluding hydrogens is 330 g/mol. The first kappa shape index (κ1) is 15.1. The fourth-order valence-electron chi connectivity index (χ4n) is 3.24. The summed E-state index contributed by atoms with van der Waals surface area (Å²) < 4.78 is 6.58. The second-order valence-electron chi connectivity index (χ2n) is 5.98. The molecule has 0 aliphatic carbocycles. The van der Waals surface area contributed by atoms with Gasteiger partial charge in [0.1, 0.15) is 11.3 Å². The first-order valence-electron chi connectivity index (χ1n) is 7.83. The first-order valence-corrected chi connectivity index (χ1v) is 8.21. The van der Waals surface area contributed by atoms with Crippen LogP contribution in [0.1, 0.15) is 40.8 Å². The number of piperidine rings is 1. The molecule has 3 aromatic heterocycles. The van der Waals surface area contributed by atoms with Gasteiger partial charge in [0, 0.05) is 25.2 Å². The van der Waals surface area contributed by atoms with Crippen LogP contribution in [-0.2, 0) is 0 Å². The molecule has 4 heterocycles. The van der Waals surface area contributed by atoms with E-state index in [9.17, 15) is 4.79 Å². The Hall–Kier alpha value is -2.41. The molecule has 1 amide bonds. The minimum absolute atomic E-state index is 0.0196. The monoisotopic (exact) mass is 345 g/mol. The Labute approximate surface area is 143 Å². The Balaban J connectivity index is 1.57. The Kier molecular flexibility index (Phi) is 3.72. The molecule has 3 aromatic rings. The average molecular weight is 346 g/mol. The molecule has 8 heteroatoms. The van der Waals surface area contributed by atoms with Crippen LogP contribution in [0.2, 0.25) is 5.02 Å². The molecule has 0 N–H and O–H groups in total. The third-order valence-electron chi connectivity index (χ3n) is 4.48. The van der Waals surface area contributed by atoms with E-state index in [0.717, 1.165) is 24.3 Å². The fraction of sp³-hybridized carbons (Fsp3) is 0.375. The zero-order valence-corrected chi connectivity index (χ0v) is 13.9. The maximum atomic E-state index is 13.0. The Morgan fingerprint density at radius 1 is 1.33 bits per heavy atom. The minimum atomic E-state index is -0.0196. The zero-order chi connectivity index (χ0) is 16.7. The van der Waals surface area contributed by atoms with Crippen LogP contribution in [0.3, 0.4) is 0 Å². The Morgan fingerprint density at radius 3 is 2.83 bits per heavy atom. The molecular formula is C16H16ClN5O2. The number of pyridine rings is 1. The van der Waals surface area contributed by atoms with Gasteiger partial charge >= 0.3 is 0 Å². The summed E-state index contributed by atoms with van der Waals surface area (Å²) in [5, 5.41) is 4.48. The predicted molar refractivity (Wildman–Crippen MR) is 87.1 cm³/mol. The number of likely N-dealkylation sites (tertiary alicyclic amines) is 1. The van der Waals surface area contributed by atoms with E-state index in [0.29, 0.717) is 29.5 Å². The van der Waals surface area contributed by atoms with Crippen molar-refractivity contribution in [3.8, 4) is 0 Å². The number of rotatable bonds is 2. The quantitative estimate of drug-likeness (QED) is 0.713. The van der Waals surface area contributed by atoms with Crippen molar-refractivity contribution in [2.45, 2.75) is 25.7 Å². The second kappa shape index (κ2) is 5.90. The largest absolute Gasteiger partial charge is 0.343 e. The van der Waals surface area contributed by atoms with Gasteiger partial charge in [-0.1, -0.05) is 16.8 Å². The molecule has 1 saturated heterocycles. The van der Waals surface area contributed by atoms with Crippen molar-refractivity contribution in [1.29, 1.82) is 0 Å². The van der Waals surface area contributed by atoms with E-state index in [2.05, 4.69) is 15.1 Å². The van der Waals surface area contributed by atoms with Gasteiger partial charge in [-0.2, -0.15) is 4.98 Å². The van der Waals surface area contributed by atoms with Gasteiger partial charge in [0.2, 0.25) is 6.39 Å². The van der Waals surface area contributed by atoms with Crippen LogP contribution >= 0.6 is 11.6 Å². The lowest BCUT2D eigenvalue weighted by Gasteiger charge is -2.30. The molecule has 0 saturated carbocycles. The predicted octanol–water partition coefficient (Wildman–Crippen LogP) is 2.70. The first-order chi connectivity index (χ1) is 11.6. The van der Waals surface area contributed by atoms with E-state index in [-0.39, 0.29) is 11.8 Å². The average Bonchev–Trinajstić information content (AvgIpc) is 3.21. The molecule has 0 bridgehead atoms. The van der Waals surface area contributed by atoms with Crippen LogP contribution in [0.15, 0.2) is 29.2 Å². The summed E-state index contributed by atoms with van der Waals surface area (Å²) in [4.78, 5) is 23.4. The van der Waals surface area contributed by atoms with Gasteiger partial charge in [-0.05, 0) is 31.9 Å². The molecule has 24 heavy (non-hydrogen) atoms. The number of imidazole rings is 1.